The highest BCUT2D eigenvalue weighted by molar-refractivity contribution is 9.10. The van der Waals surface area contributed by atoms with Crippen molar-refractivity contribution >= 4 is 15.9 Å². The van der Waals surface area contributed by atoms with E-state index in [1.165, 1.54) is 12.1 Å². The Bertz CT molecular complexity index is 436. The van der Waals surface area contributed by atoms with Crippen molar-refractivity contribution in [3.8, 4) is 0 Å². The fraction of sp³-hybridized carbons (Fsp3) is 0.500. The maximum atomic E-state index is 12.7. The van der Waals surface area contributed by atoms with Crippen LogP contribution in [0.4, 0.5) is 13.2 Å². The van der Waals surface area contributed by atoms with Crippen LogP contribution in [0.5, 0.6) is 0 Å². The summed E-state index contributed by atoms with van der Waals surface area (Å²) in [4.78, 5) is 0. The summed E-state index contributed by atoms with van der Waals surface area (Å²) in [6.07, 6.45) is -2.60. The second-order valence-corrected chi connectivity index (χ2v) is 5.49. The first-order valence-corrected chi connectivity index (χ1v) is 6.19. The number of nitrogens with two attached hydrogens (primary N) is 1. The van der Waals surface area contributed by atoms with Gasteiger partial charge in [-0.1, -0.05) is 15.9 Å². The lowest BCUT2D eigenvalue weighted by molar-refractivity contribution is -0.137. The lowest BCUT2D eigenvalue weighted by Crippen LogP contribution is -2.32. The number of halogens is 4. The van der Waals surface area contributed by atoms with E-state index in [9.17, 15) is 13.2 Å². The molecule has 2 N–H and O–H groups in total. The summed E-state index contributed by atoms with van der Waals surface area (Å²) in [6.45, 7) is 1.85. The molecule has 17 heavy (non-hydrogen) atoms. The molecule has 2 rings (SSSR count). The zero-order valence-electron chi connectivity index (χ0n) is 9.31. The zero-order chi connectivity index (χ0) is 12.8. The quantitative estimate of drug-likeness (QED) is 0.882. The van der Waals surface area contributed by atoms with Crippen LogP contribution in [-0.2, 0) is 11.6 Å². The van der Waals surface area contributed by atoms with Crippen LogP contribution in [0.25, 0.3) is 0 Å². The molecule has 0 bridgehead atoms. The van der Waals surface area contributed by atoms with Gasteiger partial charge in [-0.2, -0.15) is 13.2 Å². The maximum Gasteiger partial charge on any atom is 0.416 e. The molecule has 1 aliphatic carbocycles. The highest BCUT2D eigenvalue weighted by atomic mass is 79.9. The molecule has 0 aliphatic heterocycles. The first-order chi connectivity index (χ1) is 7.77. The van der Waals surface area contributed by atoms with E-state index in [1.54, 1.807) is 0 Å². The van der Waals surface area contributed by atoms with Gasteiger partial charge in [0.25, 0.3) is 0 Å². The Kier molecular flexibility index (Phi) is 3.02. The average Bonchev–Trinajstić information content (AvgIpc) is 2.97. The summed E-state index contributed by atoms with van der Waals surface area (Å²) in [5.41, 5.74) is 5.69. The van der Waals surface area contributed by atoms with Crippen LogP contribution in [0.3, 0.4) is 0 Å². The van der Waals surface area contributed by atoms with Gasteiger partial charge in [0.15, 0.2) is 0 Å². The number of hydrogen-bond donors (Lipinski definition) is 1. The molecule has 1 unspecified atom stereocenters. The molecule has 0 heterocycles. The lowest BCUT2D eigenvalue weighted by Gasteiger charge is -2.22. The normalized spacial score (nSPS) is 20.1. The first kappa shape index (κ1) is 12.9. The van der Waals surface area contributed by atoms with Gasteiger partial charge in [-0.25, -0.2) is 0 Å². The number of alkyl halides is 3. The van der Waals surface area contributed by atoms with Gasteiger partial charge >= 0.3 is 6.18 Å². The Balaban J connectivity index is 2.48. The van der Waals surface area contributed by atoms with E-state index in [0.717, 1.165) is 18.9 Å². The van der Waals surface area contributed by atoms with Crippen molar-refractivity contribution in [1.29, 1.82) is 0 Å². The Morgan fingerprint density at radius 3 is 2.35 bits per heavy atom. The Morgan fingerprint density at radius 1 is 1.35 bits per heavy atom. The molecule has 1 fully saturated rings. The smallest absolute Gasteiger partial charge is 0.327 e. The minimum absolute atomic E-state index is 0.137. The van der Waals surface area contributed by atoms with Gasteiger partial charge in [0.2, 0.25) is 0 Å². The van der Waals surface area contributed by atoms with Crippen molar-refractivity contribution in [2.75, 3.05) is 0 Å². The fourth-order valence-corrected chi connectivity index (χ4v) is 2.83. The van der Waals surface area contributed by atoms with Crippen molar-refractivity contribution in [3.63, 3.8) is 0 Å². The third kappa shape index (κ3) is 2.22. The molecule has 0 radical (unpaired) electrons. The second kappa shape index (κ2) is 3.99. The van der Waals surface area contributed by atoms with Crippen molar-refractivity contribution in [2.45, 2.75) is 37.4 Å². The maximum absolute atomic E-state index is 12.7. The number of rotatable bonds is 2. The standard InChI is InChI=1S/C12H13BrF3N/c1-7(17)11(4-5-11)9-6-8(12(14,15)16)2-3-10(9)13/h2-3,6-7H,4-5,17H2,1H3. The summed E-state index contributed by atoms with van der Waals surface area (Å²) in [5.74, 6) is 0. The van der Waals surface area contributed by atoms with Crippen LogP contribution >= 0.6 is 15.9 Å². The van der Waals surface area contributed by atoms with E-state index in [-0.39, 0.29) is 11.5 Å². The van der Waals surface area contributed by atoms with E-state index in [4.69, 9.17) is 5.73 Å². The van der Waals surface area contributed by atoms with Gasteiger partial charge in [-0.3, -0.25) is 0 Å². The number of benzene rings is 1. The van der Waals surface area contributed by atoms with Crippen LogP contribution in [0.1, 0.15) is 30.9 Å². The third-order valence-electron chi connectivity index (χ3n) is 3.49. The monoisotopic (exact) mass is 307 g/mol. The Hall–Kier alpha value is -0.550. The molecule has 94 valence electrons. The Labute approximate surface area is 106 Å². The summed E-state index contributed by atoms with van der Waals surface area (Å²) in [6, 6.07) is 3.63. The van der Waals surface area contributed by atoms with E-state index in [1.807, 2.05) is 6.92 Å². The topological polar surface area (TPSA) is 26.0 Å². The van der Waals surface area contributed by atoms with E-state index >= 15 is 0 Å². The molecule has 0 amide bonds. The number of hydrogen-bond acceptors (Lipinski definition) is 1. The minimum atomic E-state index is -4.30. The van der Waals surface area contributed by atoms with E-state index < -0.39 is 11.7 Å². The van der Waals surface area contributed by atoms with Crippen LogP contribution < -0.4 is 5.73 Å². The van der Waals surface area contributed by atoms with Crippen molar-refractivity contribution in [2.24, 2.45) is 5.73 Å². The molecule has 1 saturated carbocycles. The SMILES string of the molecule is CC(N)C1(c2cc(C(F)(F)F)ccc2Br)CC1. The summed E-state index contributed by atoms with van der Waals surface area (Å²) < 4.78 is 38.7. The first-order valence-electron chi connectivity index (χ1n) is 5.40. The molecule has 1 nitrogen and oxygen atoms in total. The minimum Gasteiger partial charge on any atom is -0.327 e. The molecular weight excluding hydrogens is 295 g/mol. The van der Waals surface area contributed by atoms with Gasteiger partial charge < -0.3 is 5.73 Å². The predicted molar refractivity (Wildman–Crippen MR) is 63.7 cm³/mol. The van der Waals surface area contributed by atoms with Crippen molar-refractivity contribution in [3.05, 3.63) is 33.8 Å². The highest BCUT2D eigenvalue weighted by Crippen LogP contribution is 2.53. The van der Waals surface area contributed by atoms with Gasteiger partial charge in [0.1, 0.15) is 0 Å². The van der Waals surface area contributed by atoms with Crippen LogP contribution in [-0.4, -0.2) is 6.04 Å². The zero-order valence-corrected chi connectivity index (χ0v) is 10.9. The molecule has 1 aromatic carbocycles. The summed E-state index contributed by atoms with van der Waals surface area (Å²) >= 11 is 3.32. The fourth-order valence-electron chi connectivity index (χ4n) is 2.19. The van der Waals surface area contributed by atoms with Crippen molar-refractivity contribution in [1.82, 2.24) is 0 Å². The van der Waals surface area contributed by atoms with Gasteiger partial charge in [0, 0.05) is 15.9 Å². The highest BCUT2D eigenvalue weighted by Gasteiger charge is 2.49. The third-order valence-corrected chi connectivity index (χ3v) is 4.18. The van der Waals surface area contributed by atoms with Crippen LogP contribution in [0.15, 0.2) is 22.7 Å². The van der Waals surface area contributed by atoms with Crippen LogP contribution in [0, 0.1) is 0 Å². The van der Waals surface area contributed by atoms with E-state index in [0.29, 0.717) is 10.0 Å². The van der Waals surface area contributed by atoms with E-state index in [2.05, 4.69) is 15.9 Å². The molecule has 1 aliphatic rings. The van der Waals surface area contributed by atoms with Crippen LogP contribution in [0.2, 0.25) is 0 Å². The summed E-state index contributed by atoms with van der Waals surface area (Å²) in [7, 11) is 0. The molecule has 0 aromatic heterocycles. The molecule has 0 saturated heterocycles. The average molecular weight is 308 g/mol. The van der Waals surface area contributed by atoms with Gasteiger partial charge in [-0.15, -0.1) is 0 Å². The van der Waals surface area contributed by atoms with Crippen molar-refractivity contribution < 1.29 is 13.2 Å². The molecule has 0 spiro atoms. The van der Waals surface area contributed by atoms with Gasteiger partial charge in [0.05, 0.1) is 5.56 Å². The predicted octanol–water partition coefficient (Wildman–Crippen LogP) is 3.85. The molecule has 1 aromatic rings. The second-order valence-electron chi connectivity index (χ2n) is 4.64. The summed E-state index contributed by atoms with van der Waals surface area (Å²) in [5, 5.41) is 0. The lowest BCUT2D eigenvalue weighted by atomic mass is 9.88. The molecule has 5 heteroatoms. The Morgan fingerprint density at radius 2 is 1.94 bits per heavy atom. The molecule has 1 atom stereocenters. The van der Waals surface area contributed by atoms with Gasteiger partial charge in [-0.05, 0) is 43.5 Å². The largest absolute Gasteiger partial charge is 0.416 e. The molecular formula is C12H13BrF3N.